The summed E-state index contributed by atoms with van der Waals surface area (Å²) in [6, 6.07) is 13.7. The number of fused-ring (bicyclic) bond motifs is 5. The van der Waals surface area contributed by atoms with Gasteiger partial charge in [-0.15, -0.1) is 0 Å². The number of benzene rings is 2. The zero-order chi connectivity index (χ0) is 14.7. The van der Waals surface area contributed by atoms with Crippen LogP contribution in [0.5, 0.6) is 5.75 Å². The molecule has 0 amide bonds. The average Bonchev–Trinajstić information content (AvgIpc) is 2.96. The van der Waals surface area contributed by atoms with Crippen molar-refractivity contribution in [2.75, 3.05) is 0 Å². The third-order valence-electron chi connectivity index (χ3n) is 4.66. The molecule has 3 heteroatoms. The van der Waals surface area contributed by atoms with Crippen LogP contribution >= 0.6 is 0 Å². The molecule has 0 saturated carbocycles. The number of phenolic OH excluding ortho intramolecular Hbond substituents is 1. The van der Waals surface area contributed by atoms with Gasteiger partial charge in [0.25, 0.3) is 0 Å². The molecule has 0 atom stereocenters. The molecule has 2 aromatic heterocycles. The zero-order valence-electron chi connectivity index (χ0n) is 11.9. The van der Waals surface area contributed by atoms with Crippen molar-refractivity contribution >= 4 is 21.8 Å². The highest BCUT2D eigenvalue weighted by molar-refractivity contribution is 6.08. The molecule has 3 nitrogen and oxygen atoms in total. The van der Waals surface area contributed by atoms with Crippen LogP contribution in [0.1, 0.15) is 11.1 Å². The maximum atomic E-state index is 9.48. The Morgan fingerprint density at radius 1 is 0.909 bits per heavy atom. The van der Waals surface area contributed by atoms with Gasteiger partial charge >= 0.3 is 0 Å². The van der Waals surface area contributed by atoms with E-state index in [1.807, 2.05) is 18.3 Å². The number of H-pyrrole nitrogens is 1. The molecule has 2 N–H and O–H groups in total. The first-order valence-electron chi connectivity index (χ1n) is 7.52. The maximum absolute atomic E-state index is 9.48. The SMILES string of the molecule is Oc1ccc(-c2nc3ccc4[nH]ccc4c3c3c2CC3)cc1. The summed E-state index contributed by atoms with van der Waals surface area (Å²) in [5, 5.41) is 12.0. The molecule has 2 heterocycles. The standard InChI is InChI=1S/C19H14N2O/c22-12-3-1-11(2-4-12)19-14-6-5-13(14)18-15-9-10-20-16(15)7-8-17(18)21-19/h1-4,7-10,20,22H,5-6H2. The van der Waals surface area contributed by atoms with E-state index in [2.05, 4.69) is 23.2 Å². The van der Waals surface area contributed by atoms with Gasteiger partial charge in [-0.2, -0.15) is 0 Å². The molecule has 0 aliphatic heterocycles. The minimum atomic E-state index is 0.289. The number of phenols is 1. The van der Waals surface area contributed by atoms with E-state index in [0.29, 0.717) is 0 Å². The number of aromatic nitrogens is 2. The van der Waals surface area contributed by atoms with Crippen molar-refractivity contribution < 1.29 is 5.11 Å². The predicted molar refractivity (Wildman–Crippen MR) is 88.1 cm³/mol. The van der Waals surface area contributed by atoms with E-state index in [-0.39, 0.29) is 5.75 Å². The zero-order valence-corrected chi connectivity index (χ0v) is 11.9. The molecule has 5 rings (SSSR count). The number of aromatic amines is 1. The van der Waals surface area contributed by atoms with Crippen LogP contribution in [0.25, 0.3) is 33.1 Å². The highest BCUT2D eigenvalue weighted by atomic mass is 16.3. The second-order valence-corrected chi connectivity index (χ2v) is 5.86. The largest absolute Gasteiger partial charge is 0.508 e. The van der Waals surface area contributed by atoms with Gasteiger partial charge in [0.15, 0.2) is 0 Å². The summed E-state index contributed by atoms with van der Waals surface area (Å²) >= 11 is 0. The van der Waals surface area contributed by atoms with Crippen molar-refractivity contribution in [1.29, 1.82) is 0 Å². The van der Waals surface area contributed by atoms with Crippen molar-refractivity contribution in [1.82, 2.24) is 9.97 Å². The van der Waals surface area contributed by atoms with Crippen LogP contribution in [0.15, 0.2) is 48.7 Å². The Hall–Kier alpha value is -2.81. The van der Waals surface area contributed by atoms with Gasteiger partial charge in [0, 0.05) is 28.0 Å². The van der Waals surface area contributed by atoms with E-state index in [1.54, 1.807) is 12.1 Å². The Morgan fingerprint density at radius 2 is 1.73 bits per heavy atom. The van der Waals surface area contributed by atoms with Gasteiger partial charge in [-0.25, -0.2) is 4.98 Å². The van der Waals surface area contributed by atoms with Crippen LogP contribution in [0.3, 0.4) is 0 Å². The normalized spacial score (nSPS) is 13.3. The summed E-state index contributed by atoms with van der Waals surface area (Å²) in [5.41, 5.74) is 7.13. The molecular weight excluding hydrogens is 272 g/mol. The van der Waals surface area contributed by atoms with E-state index in [0.717, 1.165) is 29.6 Å². The second kappa shape index (κ2) is 4.10. The lowest BCUT2D eigenvalue weighted by molar-refractivity contribution is 0.475. The summed E-state index contributed by atoms with van der Waals surface area (Å²) in [6.45, 7) is 0. The Balaban J connectivity index is 1.86. The molecule has 106 valence electrons. The summed E-state index contributed by atoms with van der Waals surface area (Å²) < 4.78 is 0. The van der Waals surface area contributed by atoms with E-state index < -0.39 is 0 Å². The first-order chi connectivity index (χ1) is 10.8. The van der Waals surface area contributed by atoms with Crippen LogP contribution in [-0.4, -0.2) is 15.1 Å². The Kier molecular flexibility index (Phi) is 2.20. The first kappa shape index (κ1) is 11.8. The molecule has 1 aliphatic rings. The minimum absolute atomic E-state index is 0.289. The number of aryl methyl sites for hydroxylation is 1. The molecular formula is C19H14N2O. The number of nitrogens with zero attached hydrogens (tertiary/aromatic N) is 1. The van der Waals surface area contributed by atoms with Crippen molar-refractivity contribution in [2.45, 2.75) is 12.8 Å². The van der Waals surface area contributed by atoms with Crippen molar-refractivity contribution in [3.63, 3.8) is 0 Å². The van der Waals surface area contributed by atoms with Crippen molar-refractivity contribution in [3.8, 4) is 17.0 Å². The fourth-order valence-electron chi connectivity index (χ4n) is 3.49. The molecule has 1 aliphatic carbocycles. The van der Waals surface area contributed by atoms with Gasteiger partial charge in [0.2, 0.25) is 0 Å². The number of hydrogen-bond acceptors (Lipinski definition) is 2. The maximum Gasteiger partial charge on any atom is 0.115 e. The highest BCUT2D eigenvalue weighted by Gasteiger charge is 2.24. The van der Waals surface area contributed by atoms with Crippen LogP contribution in [-0.2, 0) is 12.8 Å². The molecule has 0 bridgehead atoms. The quantitative estimate of drug-likeness (QED) is 0.551. The highest BCUT2D eigenvalue weighted by Crippen LogP contribution is 2.40. The molecule has 4 aromatic rings. The van der Waals surface area contributed by atoms with Crippen molar-refractivity contribution in [2.24, 2.45) is 0 Å². The molecule has 2 aromatic carbocycles. The lowest BCUT2D eigenvalue weighted by Gasteiger charge is -2.24. The molecule has 0 unspecified atom stereocenters. The lowest BCUT2D eigenvalue weighted by Crippen LogP contribution is -2.12. The number of pyridine rings is 1. The lowest BCUT2D eigenvalue weighted by atomic mass is 9.82. The van der Waals surface area contributed by atoms with Crippen LogP contribution in [0.2, 0.25) is 0 Å². The third-order valence-corrected chi connectivity index (χ3v) is 4.66. The van der Waals surface area contributed by atoms with E-state index in [9.17, 15) is 5.11 Å². The van der Waals surface area contributed by atoms with Gasteiger partial charge in [-0.1, -0.05) is 0 Å². The molecule has 0 spiro atoms. The van der Waals surface area contributed by atoms with E-state index in [4.69, 9.17) is 4.98 Å². The third kappa shape index (κ3) is 1.48. The van der Waals surface area contributed by atoms with Gasteiger partial charge in [-0.3, -0.25) is 0 Å². The molecule has 0 radical (unpaired) electrons. The Labute approximate surface area is 127 Å². The predicted octanol–water partition coefficient (Wildman–Crippen LogP) is 4.19. The van der Waals surface area contributed by atoms with E-state index >= 15 is 0 Å². The van der Waals surface area contributed by atoms with Crippen molar-refractivity contribution in [3.05, 3.63) is 59.8 Å². The van der Waals surface area contributed by atoms with E-state index in [1.165, 1.54) is 27.4 Å². The minimum Gasteiger partial charge on any atom is -0.508 e. The fourth-order valence-corrected chi connectivity index (χ4v) is 3.49. The van der Waals surface area contributed by atoms with Crippen LogP contribution in [0.4, 0.5) is 0 Å². The molecule has 22 heavy (non-hydrogen) atoms. The van der Waals surface area contributed by atoms with Gasteiger partial charge in [0.1, 0.15) is 5.75 Å². The van der Waals surface area contributed by atoms with Crippen LogP contribution in [0, 0.1) is 0 Å². The monoisotopic (exact) mass is 286 g/mol. The first-order valence-corrected chi connectivity index (χ1v) is 7.52. The average molecular weight is 286 g/mol. The smallest absolute Gasteiger partial charge is 0.115 e. The molecule has 0 fully saturated rings. The second-order valence-electron chi connectivity index (χ2n) is 5.86. The summed E-state index contributed by atoms with van der Waals surface area (Å²) in [6.07, 6.45) is 4.18. The number of hydrogen-bond donors (Lipinski definition) is 2. The summed E-state index contributed by atoms with van der Waals surface area (Å²) in [5.74, 6) is 0.289. The number of aromatic hydroxyl groups is 1. The Morgan fingerprint density at radius 3 is 2.50 bits per heavy atom. The summed E-state index contributed by atoms with van der Waals surface area (Å²) in [7, 11) is 0. The fraction of sp³-hybridized carbons (Fsp3) is 0.105. The Bertz CT molecular complexity index is 1030. The van der Waals surface area contributed by atoms with Crippen LogP contribution < -0.4 is 0 Å². The topological polar surface area (TPSA) is 48.9 Å². The van der Waals surface area contributed by atoms with Gasteiger partial charge < -0.3 is 10.1 Å². The van der Waals surface area contributed by atoms with Gasteiger partial charge in [-0.05, 0) is 66.4 Å². The summed E-state index contributed by atoms with van der Waals surface area (Å²) in [4.78, 5) is 8.20. The van der Waals surface area contributed by atoms with Gasteiger partial charge in [0.05, 0.1) is 11.2 Å². The molecule has 0 saturated heterocycles. The number of rotatable bonds is 1. The number of nitrogens with one attached hydrogen (secondary N) is 1.